The molecule has 3 fully saturated rings. The van der Waals surface area contributed by atoms with Crippen LogP contribution in [0.25, 0.3) is 10.9 Å². The molecule has 3 aromatic rings. The molecule has 9 rings (SSSR count). The number of hydrogen-bond acceptors (Lipinski definition) is 12. The Balaban J connectivity index is 1.36. The Kier molecular flexibility index (Phi) is 9.36. The Morgan fingerprint density at radius 3 is 2.41 bits per heavy atom. The molecule has 59 heavy (non-hydrogen) atoms. The van der Waals surface area contributed by atoms with Crippen molar-refractivity contribution in [2.24, 2.45) is 11.3 Å². The summed E-state index contributed by atoms with van der Waals surface area (Å²) in [5.74, 6) is -1.56. The van der Waals surface area contributed by atoms with Gasteiger partial charge in [-0.3, -0.25) is 19.4 Å². The van der Waals surface area contributed by atoms with Crippen molar-refractivity contribution in [2.45, 2.75) is 99.5 Å². The van der Waals surface area contributed by atoms with Crippen molar-refractivity contribution in [1.29, 1.82) is 0 Å². The lowest BCUT2D eigenvalue weighted by molar-refractivity contribution is -0.228. The van der Waals surface area contributed by atoms with E-state index < -0.39 is 57.5 Å². The van der Waals surface area contributed by atoms with E-state index >= 15 is 4.79 Å². The maximum atomic E-state index is 15.3. The highest BCUT2D eigenvalue weighted by atomic mass is 16.6. The fraction of sp³-hybridized carbons (Fsp3) is 0.587. The van der Waals surface area contributed by atoms with E-state index in [4.69, 9.17) is 18.9 Å². The molecule has 0 amide bonds. The molecule has 1 aliphatic carbocycles. The van der Waals surface area contributed by atoms with E-state index in [1.54, 1.807) is 7.11 Å². The minimum absolute atomic E-state index is 0.0986. The third-order valence-corrected chi connectivity index (χ3v) is 15.6. The number of H-pyrrole nitrogens is 1. The van der Waals surface area contributed by atoms with Gasteiger partial charge in [-0.15, -0.1) is 0 Å². The van der Waals surface area contributed by atoms with Gasteiger partial charge in [-0.25, -0.2) is 4.79 Å². The van der Waals surface area contributed by atoms with Crippen LogP contribution in [0, 0.1) is 11.3 Å². The summed E-state index contributed by atoms with van der Waals surface area (Å²) in [6.07, 6.45) is 5.94. The first-order chi connectivity index (χ1) is 28.2. The summed E-state index contributed by atoms with van der Waals surface area (Å²) in [6, 6.07) is 11.0. The third kappa shape index (κ3) is 5.20. The molecule has 0 radical (unpaired) electrons. The van der Waals surface area contributed by atoms with Gasteiger partial charge in [0.2, 0.25) is 5.60 Å². The van der Waals surface area contributed by atoms with Gasteiger partial charge in [0.05, 0.1) is 33.0 Å². The number of nitrogens with zero attached hydrogens (tertiary/aromatic N) is 3. The molecule has 6 aliphatic rings. The quantitative estimate of drug-likeness (QED) is 0.180. The van der Waals surface area contributed by atoms with Gasteiger partial charge >= 0.3 is 17.9 Å². The van der Waals surface area contributed by atoms with Crippen LogP contribution >= 0.6 is 0 Å². The van der Waals surface area contributed by atoms with E-state index in [1.807, 2.05) is 50.1 Å². The molecule has 3 unspecified atom stereocenters. The zero-order chi connectivity index (χ0) is 41.9. The summed E-state index contributed by atoms with van der Waals surface area (Å²) in [7, 11) is 6.15. The molecule has 316 valence electrons. The molecular formula is C46H58N4O9. The topological polar surface area (TPSA) is 154 Å². The second-order valence-electron chi connectivity index (χ2n) is 18.2. The fourth-order valence-corrected chi connectivity index (χ4v) is 13.5. The number of hydrogen-bond donors (Lipinski definition) is 3. The minimum atomic E-state index is -2.30. The Labute approximate surface area is 345 Å². The number of ether oxygens (including phenoxy) is 4. The molecule has 13 heteroatoms. The number of methoxy groups -OCH3 is 3. The summed E-state index contributed by atoms with van der Waals surface area (Å²) in [6.45, 7) is 8.62. The highest BCUT2D eigenvalue weighted by Crippen LogP contribution is 2.68. The number of anilines is 1. The molecular weight excluding hydrogens is 753 g/mol. The maximum Gasteiger partial charge on any atom is 0.344 e. The monoisotopic (exact) mass is 810 g/mol. The average Bonchev–Trinajstić information content (AvgIpc) is 3.90. The first-order valence-electron chi connectivity index (χ1n) is 21.2. The predicted octanol–water partition coefficient (Wildman–Crippen LogP) is 3.99. The number of benzene rings is 2. The zero-order valence-corrected chi connectivity index (χ0v) is 35.3. The lowest BCUT2D eigenvalue weighted by Crippen LogP contribution is -2.81. The van der Waals surface area contributed by atoms with Crippen LogP contribution in [0.4, 0.5) is 5.69 Å². The van der Waals surface area contributed by atoms with E-state index in [0.29, 0.717) is 82.6 Å². The number of para-hydroxylation sites is 1. The van der Waals surface area contributed by atoms with Crippen molar-refractivity contribution in [2.75, 3.05) is 66.0 Å². The zero-order valence-electron chi connectivity index (χ0n) is 35.3. The van der Waals surface area contributed by atoms with Gasteiger partial charge in [0.15, 0.2) is 6.10 Å². The second-order valence-corrected chi connectivity index (χ2v) is 18.2. The molecule has 2 bridgehead atoms. The number of aliphatic hydroxyl groups is 2. The third-order valence-electron chi connectivity index (χ3n) is 15.6. The van der Waals surface area contributed by atoms with Gasteiger partial charge in [0, 0.05) is 90.9 Å². The first kappa shape index (κ1) is 40.0. The number of piperidine rings is 1. The van der Waals surface area contributed by atoms with E-state index in [1.165, 1.54) is 21.1 Å². The van der Waals surface area contributed by atoms with Crippen LogP contribution in [0.3, 0.4) is 0 Å². The summed E-state index contributed by atoms with van der Waals surface area (Å²) in [5.41, 5.74) is -1.62. The number of aromatic amines is 1. The van der Waals surface area contributed by atoms with Crippen LogP contribution in [0.1, 0.15) is 75.3 Å². The minimum Gasteiger partial charge on any atom is -0.496 e. The van der Waals surface area contributed by atoms with E-state index in [0.717, 1.165) is 33.4 Å². The molecule has 6 heterocycles. The van der Waals surface area contributed by atoms with Gasteiger partial charge in [-0.1, -0.05) is 44.2 Å². The van der Waals surface area contributed by atoms with E-state index in [2.05, 4.69) is 39.1 Å². The maximum absolute atomic E-state index is 15.3. The molecule has 2 saturated heterocycles. The number of carbonyl (C=O) groups is 3. The number of nitrogens with one attached hydrogen (secondary N) is 1. The Morgan fingerprint density at radius 1 is 0.949 bits per heavy atom. The van der Waals surface area contributed by atoms with Crippen molar-refractivity contribution >= 4 is 34.5 Å². The number of fused-ring (bicyclic) bond motifs is 6. The van der Waals surface area contributed by atoms with Gasteiger partial charge < -0.3 is 39.0 Å². The normalized spacial score (nSPS) is 37.0. The molecule has 2 aromatic carbocycles. The lowest BCUT2D eigenvalue weighted by Gasteiger charge is -2.63. The number of carbonyl (C=O) groups excluding carboxylic acids is 3. The Hall–Kier alpha value is -4.43. The standard InChI is InChI=1S/C46H58N4O9/c1-8-42(54)23-28-24-45(40(52)57-6,36-30(15-19-49(25-28)26-42)29-13-10-11-14-33(29)47-36)32-21-31-34(22-35(32)56-5)48(4)38-44(31)17-20-50-18-12-16-43(9-2,37(44)50)39(59-27(3)51)46(38,55)41(53)58-7/h10-14,16,21-22,28,37-39,47,54-55H,8-9,15,17-20,23-26H2,1-7H3/t28?,37?,38-,39-,42-,43-,44-,45+,46+/m1/s1. The lowest BCUT2D eigenvalue weighted by atomic mass is 9.47. The second kappa shape index (κ2) is 13.8. The molecule has 1 spiro atoms. The van der Waals surface area contributed by atoms with Crippen LogP contribution in [-0.2, 0) is 45.8 Å². The molecule has 10 atom stereocenters. The molecule has 3 N–H and O–H groups in total. The number of rotatable bonds is 7. The SMILES string of the molecule is CC[C@@]1(O)CC2CN(CCc3c([nH]c4ccccc34)[C@@](C(=O)OC)(c3cc4c(cc3OC)N(C)[C@H]3[C@@](O)(C(=O)OC)[C@H](OC(C)=O)[C@]5(CC)C=CCN6CC[C@]43C65)C2)C1. The number of esters is 3. The van der Waals surface area contributed by atoms with E-state index in [9.17, 15) is 19.8 Å². The highest BCUT2D eigenvalue weighted by Gasteiger charge is 2.80. The summed E-state index contributed by atoms with van der Waals surface area (Å²) in [4.78, 5) is 53.2. The van der Waals surface area contributed by atoms with Crippen molar-refractivity contribution in [3.8, 4) is 5.75 Å². The van der Waals surface area contributed by atoms with Crippen molar-refractivity contribution in [1.82, 2.24) is 14.8 Å². The summed E-state index contributed by atoms with van der Waals surface area (Å²) >= 11 is 0. The van der Waals surface area contributed by atoms with Crippen molar-refractivity contribution in [3.05, 3.63) is 70.9 Å². The number of likely N-dealkylation sites (N-methyl/N-ethyl adjacent to an activating group) is 1. The highest BCUT2D eigenvalue weighted by molar-refractivity contribution is 5.95. The number of aromatic nitrogens is 1. The summed E-state index contributed by atoms with van der Waals surface area (Å²) < 4.78 is 23.9. The van der Waals surface area contributed by atoms with Crippen molar-refractivity contribution in [3.63, 3.8) is 0 Å². The molecule has 1 aromatic heterocycles. The van der Waals surface area contributed by atoms with Crippen molar-refractivity contribution < 1.29 is 43.5 Å². The Morgan fingerprint density at radius 2 is 1.71 bits per heavy atom. The predicted molar refractivity (Wildman–Crippen MR) is 220 cm³/mol. The fourth-order valence-electron chi connectivity index (χ4n) is 13.5. The first-order valence-corrected chi connectivity index (χ1v) is 21.2. The van der Waals surface area contributed by atoms with Gasteiger partial charge in [0.1, 0.15) is 11.2 Å². The largest absolute Gasteiger partial charge is 0.496 e. The van der Waals surface area contributed by atoms with Gasteiger partial charge in [-0.2, -0.15) is 0 Å². The van der Waals surface area contributed by atoms with Gasteiger partial charge in [-0.05, 0) is 74.2 Å². The van der Waals surface area contributed by atoms with Crippen LogP contribution in [-0.4, -0.2) is 133 Å². The van der Waals surface area contributed by atoms with Crippen LogP contribution in [0.15, 0.2) is 48.6 Å². The smallest absolute Gasteiger partial charge is 0.344 e. The summed E-state index contributed by atoms with van der Waals surface area (Å²) in [5, 5.41) is 26.3. The Bertz CT molecular complexity index is 2260. The van der Waals surface area contributed by atoms with Gasteiger partial charge in [0.25, 0.3) is 0 Å². The molecule has 1 saturated carbocycles. The van der Waals surface area contributed by atoms with Crippen LogP contribution in [0.2, 0.25) is 0 Å². The average molecular weight is 811 g/mol. The van der Waals surface area contributed by atoms with Crippen LogP contribution in [0.5, 0.6) is 5.75 Å². The van der Waals surface area contributed by atoms with E-state index in [-0.39, 0.29) is 12.0 Å². The molecule has 5 aliphatic heterocycles. The molecule has 13 nitrogen and oxygen atoms in total. The van der Waals surface area contributed by atoms with Crippen LogP contribution < -0.4 is 9.64 Å².